The van der Waals surface area contributed by atoms with Crippen molar-refractivity contribution in [1.82, 2.24) is 10.6 Å². The Hall–Kier alpha value is -2.08. The number of hydrogen-bond acceptors (Lipinski definition) is 4. The molecule has 6 heteroatoms. The average molecular weight is 279 g/mol. The van der Waals surface area contributed by atoms with Crippen molar-refractivity contribution in [2.24, 2.45) is 5.73 Å². The van der Waals surface area contributed by atoms with Gasteiger partial charge in [-0.3, -0.25) is 9.59 Å². The Kier molecular flexibility index (Phi) is 7.13. The van der Waals surface area contributed by atoms with Crippen molar-refractivity contribution in [2.75, 3.05) is 19.7 Å². The highest BCUT2D eigenvalue weighted by Gasteiger charge is 2.06. The van der Waals surface area contributed by atoms with E-state index in [2.05, 4.69) is 10.6 Å². The van der Waals surface area contributed by atoms with Crippen LogP contribution in [0.4, 0.5) is 0 Å². The molecule has 4 N–H and O–H groups in total. The molecule has 0 fully saturated rings. The Morgan fingerprint density at radius 1 is 1.20 bits per heavy atom. The van der Waals surface area contributed by atoms with Gasteiger partial charge in [0.25, 0.3) is 5.91 Å². The number of hydrogen-bond donors (Lipinski definition) is 3. The van der Waals surface area contributed by atoms with Crippen molar-refractivity contribution in [1.29, 1.82) is 0 Å². The molecular formula is C14H21N3O3. The maximum Gasteiger partial charge on any atom is 0.258 e. The molecule has 20 heavy (non-hydrogen) atoms. The van der Waals surface area contributed by atoms with Gasteiger partial charge in [-0.2, -0.15) is 0 Å². The number of ether oxygens (including phenoxy) is 1. The molecule has 0 saturated heterocycles. The monoisotopic (exact) mass is 279 g/mol. The molecular weight excluding hydrogens is 258 g/mol. The normalized spacial score (nSPS) is 11.5. The molecule has 1 unspecified atom stereocenters. The van der Waals surface area contributed by atoms with E-state index >= 15 is 0 Å². The molecule has 6 nitrogen and oxygen atoms in total. The lowest BCUT2D eigenvalue weighted by atomic mass is 10.2. The van der Waals surface area contributed by atoms with Gasteiger partial charge < -0.3 is 21.1 Å². The number of nitrogens with one attached hydrogen (secondary N) is 2. The number of amides is 2. The van der Waals surface area contributed by atoms with Crippen LogP contribution in [0.5, 0.6) is 5.75 Å². The molecule has 0 saturated carbocycles. The molecule has 0 heterocycles. The Balaban J connectivity index is 2.12. The molecule has 2 amide bonds. The van der Waals surface area contributed by atoms with Gasteiger partial charge in [0.1, 0.15) is 5.75 Å². The van der Waals surface area contributed by atoms with E-state index in [1.807, 2.05) is 25.1 Å². The van der Waals surface area contributed by atoms with Gasteiger partial charge in [0, 0.05) is 12.6 Å². The summed E-state index contributed by atoms with van der Waals surface area (Å²) in [5.74, 6) is 0.0407. The zero-order valence-electron chi connectivity index (χ0n) is 11.6. The first-order chi connectivity index (χ1) is 9.58. The Morgan fingerprint density at radius 3 is 2.55 bits per heavy atom. The van der Waals surface area contributed by atoms with E-state index in [-0.39, 0.29) is 31.0 Å². The van der Waals surface area contributed by atoms with Gasteiger partial charge in [-0.15, -0.1) is 0 Å². The van der Waals surface area contributed by atoms with Crippen LogP contribution in [0.1, 0.15) is 13.3 Å². The van der Waals surface area contributed by atoms with Crippen molar-refractivity contribution in [3.8, 4) is 5.75 Å². The van der Waals surface area contributed by atoms with Crippen LogP contribution in [0, 0.1) is 0 Å². The number of benzene rings is 1. The summed E-state index contributed by atoms with van der Waals surface area (Å²) in [6.45, 7) is 2.20. The number of para-hydroxylation sites is 1. The molecule has 0 bridgehead atoms. The maximum atomic E-state index is 11.5. The first-order valence-electron chi connectivity index (χ1n) is 6.54. The maximum absolute atomic E-state index is 11.5. The Morgan fingerprint density at radius 2 is 1.90 bits per heavy atom. The predicted molar refractivity (Wildman–Crippen MR) is 76.2 cm³/mol. The molecule has 1 rings (SSSR count). The van der Waals surface area contributed by atoms with Gasteiger partial charge in [-0.25, -0.2) is 0 Å². The lowest BCUT2D eigenvalue weighted by Crippen LogP contribution is -2.39. The summed E-state index contributed by atoms with van der Waals surface area (Å²) in [5.41, 5.74) is 5.56. The minimum absolute atomic E-state index is 0.0455. The van der Waals surface area contributed by atoms with Crippen molar-refractivity contribution >= 4 is 11.8 Å². The Labute approximate surface area is 118 Å². The van der Waals surface area contributed by atoms with Gasteiger partial charge in [0.05, 0.1) is 6.54 Å². The SMILES string of the molecule is CC(N)CCNC(=O)CNC(=O)COc1ccccc1. The summed E-state index contributed by atoms with van der Waals surface area (Å²) >= 11 is 0. The number of carbonyl (C=O) groups excluding carboxylic acids is 2. The van der Waals surface area contributed by atoms with Gasteiger partial charge in [-0.1, -0.05) is 18.2 Å². The van der Waals surface area contributed by atoms with Crippen LogP contribution in [-0.2, 0) is 9.59 Å². The Bertz CT molecular complexity index is 421. The molecule has 1 aromatic rings. The first-order valence-corrected chi connectivity index (χ1v) is 6.54. The average Bonchev–Trinajstić information content (AvgIpc) is 2.43. The smallest absolute Gasteiger partial charge is 0.258 e. The second-order valence-electron chi connectivity index (χ2n) is 4.49. The zero-order chi connectivity index (χ0) is 14.8. The highest BCUT2D eigenvalue weighted by atomic mass is 16.5. The molecule has 0 aliphatic rings. The van der Waals surface area contributed by atoms with Crippen LogP contribution in [-0.4, -0.2) is 37.6 Å². The van der Waals surface area contributed by atoms with E-state index in [0.29, 0.717) is 18.7 Å². The highest BCUT2D eigenvalue weighted by Crippen LogP contribution is 2.07. The van der Waals surface area contributed by atoms with Crippen LogP contribution in [0.25, 0.3) is 0 Å². The molecule has 1 aromatic carbocycles. The number of carbonyl (C=O) groups is 2. The van der Waals surface area contributed by atoms with Gasteiger partial charge in [0.2, 0.25) is 5.91 Å². The van der Waals surface area contributed by atoms with Crippen LogP contribution in [0.15, 0.2) is 30.3 Å². The van der Waals surface area contributed by atoms with Crippen molar-refractivity contribution in [3.05, 3.63) is 30.3 Å². The first kappa shape index (κ1) is 16.0. The second kappa shape index (κ2) is 8.92. The fourth-order valence-corrected chi connectivity index (χ4v) is 1.40. The van der Waals surface area contributed by atoms with E-state index in [1.54, 1.807) is 12.1 Å². The summed E-state index contributed by atoms with van der Waals surface area (Å²) in [4.78, 5) is 22.9. The summed E-state index contributed by atoms with van der Waals surface area (Å²) in [7, 11) is 0. The second-order valence-corrected chi connectivity index (χ2v) is 4.49. The van der Waals surface area contributed by atoms with E-state index in [4.69, 9.17) is 10.5 Å². The molecule has 1 atom stereocenters. The van der Waals surface area contributed by atoms with E-state index in [0.717, 1.165) is 0 Å². The quantitative estimate of drug-likeness (QED) is 0.626. The van der Waals surface area contributed by atoms with E-state index in [1.165, 1.54) is 0 Å². The minimum atomic E-state index is -0.337. The van der Waals surface area contributed by atoms with Crippen LogP contribution >= 0.6 is 0 Å². The van der Waals surface area contributed by atoms with Crippen LogP contribution < -0.4 is 21.1 Å². The van der Waals surface area contributed by atoms with E-state index < -0.39 is 0 Å². The molecule has 0 aliphatic heterocycles. The predicted octanol–water partition coefficient (Wildman–Crippen LogP) is 0.0351. The third-order valence-electron chi connectivity index (χ3n) is 2.48. The van der Waals surface area contributed by atoms with Crippen LogP contribution in [0.2, 0.25) is 0 Å². The lowest BCUT2D eigenvalue weighted by molar-refractivity contribution is -0.127. The molecule has 0 radical (unpaired) electrons. The fourth-order valence-electron chi connectivity index (χ4n) is 1.40. The third kappa shape index (κ3) is 7.38. The fraction of sp³-hybridized carbons (Fsp3) is 0.429. The van der Waals surface area contributed by atoms with Gasteiger partial charge >= 0.3 is 0 Å². The number of nitrogens with two attached hydrogens (primary N) is 1. The summed E-state index contributed by atoms with van der Waals surface area (Å²) in [6.07, 6.45) is 0.705. The molecule has 0 aliphatic carbocycles. The zero-order valence-corrected chi connectivity index (χ0v) is 11.6. The van der Waals surface area contributed by atoms with Gasteiger partial charge in [-0.05, 0) is 25.5 Å². The summed E-state index contributed by atoms with van der Waals surface area (Å²) in [5, 5.41) is 5.15. The third-order valence-corrected chi connectivity index (χ3v) is 2.48. The molecule has 110 valence electrons. The highest BCUT2D eigenvalue weighted by molar-refractivity contribution is 5.85. The molecule has 0 spiro atoms. The van der Waals surface area contributed by atoms with Crippen LogP contribution in [0.3, 0.4) is 0 Å². The van der Waals surface area contributed by atoms with E-state index in [9.17, 15) is 9.59 Å². The number of rotatable bonds is 8. The van der Waals surface area contributed by atoms with Crippen molar-refractivity contribution in [2.45, 2.75) is 19.4 Å². The lowest BCUT2D eigenvalue weighted by Gasteiger charge is -2.09. The van der Waals surface area contributed by atoms with Crippen molar-refractivity contribution < 1.29 is 14.3 Å². The molecule has 0 aromatic heterocycles. The standard InChI is InChI=1S/C14H21N3O3/c1-11(15)7-8-16-13(18)9-17-14(19)10-20-12-5-3-2-4-6-12/h2-6,11H,7-10,15H2,1H3,(H,16,18)(H,17,19). The summed E-state index contributed by atoms with van der Waals surface area (Å²) in [6, 6.07) is 9.06. The largest absolute Gasteiger partial charge is 0.484 e. The summed E-state index contributed by atoms with van der Waals surface area (Å²) < 4.78 is 5.25. The minimum Gasteiger partial charge on any atom is -0.484 e. The van der Waals surface area contributed by atoms with Crippen molar-refractivity contribution in [3.63, 3.8) is 0 Å². The topological polar surface area (TPSA) is 93.5 Å². The van der Waals surface area contributed by atoms with Gasteiger partial charge in [0.15, 0.2) is 6.61 Å².